The Morgan fingerprint density at radius 2 is 2.07 bits per heavy atom. The molecule has 0 saturated carbocycles. The van der Waals surface area contributed by atoms with Crippen molar-refractivity contribution >= 4 is 29.3 Å². The Labute approximate surface area is 176 Å². The number of rotatable bonds is 7. The van der Waals surface area contributed by atoms with Gasteiger partial charge in [0, 0.05) is 38.3 Å². The molecular weight excluding hydrogens is 392 g/mol. The molecule has 2 saturated heterocycles. The number of halogens is 1. The smallest absolute Gasteiger partial charge is 0.324 e. The summed E-state index contributed by atoms with van der Waals surface area (Å²) >= 11 is 6.30. The van der Waals surface area contributed by atoms with Crippen LogP contribution >= 0.6 is 11.6 Å². The third-order valence-corrected chi connectivity index (χ3v) is 6.28. The van der Waals surface area contributed by atoms with E-state index < -0.39 is 0 Å². The van der Waals surface area contributed by atoms with E-state index in [1.54, 1.807) is 11.0 Å². The van der Waals surface area contributed by atoms with E-state index in [-0.39, 0.29) is 18.0 Å². The van der Waals surface area contributed by atoms with Gasteiger partial charge in [0.25, 0.3) is 0 Å². The largest absolute Gasteiger partial charge is 0.469 e. The minimum atomic E-state index is -0.152. The van der Waals surface area contributed by atoms with Gasteiger partial charge in [-0.3, -0.25) is 14.6 Å². The summed E-state index contributed by atoms with van der Waals surface area (Å²) in [4.78, 5) is 30.2. The molecule has 0 spiro atoms. The first-order valence-electron chi connectivity index (χ1n) is 10.0. The van der Waals surface area contributed by atoms with E-state index in [9.17, 15) is 9.59 Å². The van der Waals surface area contributed by atoms with Gasteiger partial charge in [-0.25, -0.2) is 4.79 Å². The summed E-state index contributed by atoms with van der Waals surface area (Å²) in [5.74, 6) is -0.152. The van der Waals surface area contributed by atoms with Crippen LogP contribution in [0.15, 0.2) is 12.1 Å². The molecule has 8 heteroatoms. The monoisotopic (exact) mass is 418 g/mol. The Bertz CT molecular complexity index is 823. The Balaban J connectivity index is 1.56. The summed E-state index contributed by atoms with van der Waals surface area (Å²) < 4.78 is 4.66. The number of benzene rings is 1. The van der Waals surface area contributed by atoms with Crippen molar-refractivity contribution in [2.45, 2.75) is 38.6 Å². The third kappa shape index (κ3) is 4.65. The van der Waals surface area contributed by atoms with Gasteiger partial charge in [-0.1, -0.05) is 18.0 Å². The second-order valence-corrected chi connectivity index (χ2v) is 7.99. The van der Waals surface area contributed by atoms with Crippen LogP contribution in [0.1, 0.15) is 36.8 Å². The Morgan fingerprint density at radius 3 is 2.79 bits per heavy atom. The molecule has 0 radical (unpaired) electrons. The summed E-state index contributed by atoms with van der Waals surface area (Å²) in [5.41, 5.74) is 1.97. The predicted molar refractivity (Wildman–Crippen MR) is 111 cm³/mol. The van der Waals surface area contributed by atoms with E-state index in [4.69, 9.17) is 16.9 Å². The van der Waals surface area contributed by atoms with E-state index >= 15 is 0 Å². The van der Waals surface area contributed by atoms with Crippen LogP contribution in [0.5, 0.6) is 0 Å². The lowest BCUT2D eigenvalue weighted by molar-refractivity contribution is -0.140. The maximum atomic E-state index is 12.9. The molecule has 0 aliphatic carbocycles. The molecule has 7 nitrogen and oxygen atoms in total. The van der Waals surface area contributed by atoms with Gasteiger partial charge in [0.15, 0.2) is 0 Å². The van der Waals surface area contributed by atoms with E-state index in [0.29, 0.717) is 30.1 Å². The molecule has 3 rings (SSSR count). The number of nitriles is 1. The number of carbonyl (C=O) groups excluding carboxylic acids is 2. The molecule has 1 atom stereocenters. The molecule has 2 aliphatic rings. The molecular formula is C21H27ClN4O3. The van der Waals surface area contributed by atoms with Crippen LogP contribution in [0.25, 0.3) is 0 Å². The van der Waals surface area contributed by atoms with Crippen molar-refractivity contribution in [2.75, 3.05) is 44.7 Å². The van der Waals surface area contributed by atoms with Crippen LogP contribution in [-0.2, 0) is 9.53 Å². The highest BCUT2D eigenvalue weighted by molar-refractivity contribution is 6.33. The summed E-state index contributed by atoms with van der Waals surface area (Å²) in [6, 6.07) is 5.74. The fourth-order valence-electron chi connectivity index (χ4n) is 4.11. The summed E-state index contributed by atoms with van der Waals surface area (Å²) in [6.45, 7) is 5.87. The van der Waals surface area contributed by atoms with Crippen LogP contribution in [0, 0.1) is 18.3 Å². The standard InChI is InChI=1S/C21H27ClN4O3/c1-15-18(8-7-16(12-23)20(15)22)26-14-17-13-24(10-11-25(17)21(26)28)9-5-3-4-6-19(27)29-2/h7-8,17H,3-6,9-11,13-14H2,1-2H3/t17-/m0/s1. The van der Waals surface area contributed by atoms with E-state index in [1.807, 2.05) is 17.9 Å². The Morgan fingerprint density at radius 1 is 1.28 bits per heavy atom. The minimum Gasteiger partial charge on any atom is -0.469 e. The summed E-state index contributed by atoms with van der Waals surface area (Å²) in [7, 11) is 1.42. The first-order chi connectivity index (χ1) is 14.0. The number of unbranched alkanes of at least 4 members (excludes halogenated alkanes) is 2. The fraction of sp³-hybridized carbons (Fsp3) is 0.571. The fourth-order valence-corrected chi connectivity index (χ4v) is 4.32. The van der Waals surface area contributed by atoms with Gasteiger partial charge in [-0.2, -0.15) is 5.26 Å². The zero-order chi connectivity index (χ0) is 21.0. The summed E-state index contributed by atoms with van der Waals surface area (Å²) in [5, 5.41) is 9.55. The number of nitrogens with zero attached hydrogens (tertiary/aromatic N) is 4. The van der Waals surface area contributed by atoms with Crippen molar-refractivity contribution in [1.82, 2.24) is 9.80 Å². The highest BCUT2D eigenvalue weighted by Gasteiger charge is 2.41. The van der Waals surface area contributed by atoms with Crippen LogP contribution in [0.4, 0.5) is 10.5 Å². The average molecular weight is 419 g/mol. The van der Waals surface area contributed by atoms with Crippen molar-refractivity contribution in [3.63, 3.8) is 0 Å². The number of hydrogen-bond donors (Lipinski definition) is 0. The number of hydrogen-bond acceptors (Lipinski definition) is 5. The van der Waals surface area contributed by atoms with Gasteiger partial charge < -0.3 is 9.64 Å². The maximum absolute atomic E-state index is 12.9. The molecule has 0 aromatic heterocycles. The van der Waals surface area contributed by atoms with Gasteiger partial charge in [-0.15, -0.1) is 0 Å². The zero-order valence-corrected chi connectivity index (χ0v) is 17.7. The predicted octanol–water partition coefficient (Wildman–Crippen LogP) is 3.18. The molecule has 1 aromatic carbocycles. The average Bonchev–Trinajstić information content (AvgIpc) is 3.05. The number of fused-ring (bicyclic) bond motifs is 1. The number of esters is 1. The second-order valence-electron chi connectivity index (χ2n) is 7.61. The van der Waals surface area contributed by atoms with Crippen LogP contribution in [0.3, 0.4) is 0 Å². The molecule has 2 heterocycles. The van der Waals surface area contributed by atoms with Crippen molar-refractivity contribution in [3.8, 4) is 6.07 Å². The van der Waals surface area contributed by atoms with Gasteiger partial charge in [0.2, 0.25) is 0 Å². The molecule has 0 N–H and O–H groups in total. The molecule has 2 amide bonds. The topological polar surface area (TPSA) is 76.9 Å². The van der Waals surface area contributed by atoms with Crippen molar-refractivity contribution in [2.24, 2.45) is 0 Å². The number of piperazine rings is 1. The number of methoxy groups -OCH3 is 1. The highest BCUT2D eigenvalue weighted by Crippen LogP contribution is 2.33. The van der Waals surface area contributed by atoms with Gasteiger partial charge in [0.05, 0.1) is 23.7 Å². The maximum Gasteiger partial charge on any atom is 0.324 e. The van der Waals surface area contributed by atoms with Crippen molar-refractivity contribution in [1.29, 1.82) is 5.26 Å². The SMILES string of the molecule is COC(=O)CCCCCN1CCN2C(=O)N(c3ccc(C#N)c(Cl)c3C)C[C@@H]2C1. The first kappa shape index (κ1) is 21.4. The zero-order valence-electron chi connectivity index (χ0n) is 17.0. The Kier molecular flexibility index (Phi) is 6.99. The summed E-state index contributed by atoms with van der Waals surface area (Å²) in [6.07, 6.45) is 3.35. The number of ether oxygens (including phenoxy) is 1. The molecule has 2 fully saturated rings. The number of anilines is 1. The molecule has 2 aliphatic heterocycles. The van der Waals surface area contributed by atoms with Crippen molar-refractivity contribution in [3.05, 3.63) is 28.3 Å². The van der Waals surface area contributed by atoms with E-state index in [0.717, 1.165) is 50.1 Å². The lowest BCUT2D eigenvalue weighted by atomic mass is 10.1. The molecule has 0 unspecified atom stereocenters. The molecule has 156 valence electrons. The number of amides is 2. The van der Waals surface area contributed by atoms with E-state index in [2.05, 4.69) is 15.7 Å². The normalized spacial score (nSPS) is 19.2. The highest BCUT2D eigenvalue weighted by atomic mass is 35.5. The third-order valence-electron chi connectivity index (χ3n) is 5.79. The Hall–Kier alpha value is -2.30. The van der Waals surface area contributed by atoms with Gasteiger partial charge >= 0.3 is 12.0 Å². The lowest BCUT2D eigenvalue weighted by Gasteiger charge is -2.36. The minimum absolute atomic E-state index is 0.0107. The second kappa shape index (κ2) is 9.47. The number of carbonyl (C=O) groups is 2. The van der Waals surface area contributed by atoms with E-state index in [1.165, 1.54) is 7.11 Å². The van der Waals surface area contributed by atoms with Gasteiger partial charge in [-0.05, 0) is 44.0 Å². The van der Waals surface area contributed by atoms with Gasteiger partial charge in [0.1, 0.15) is 6.07 Å². The molecule has 1 aromatic rings. The van der Waals surface area contributed by atoms with Crippen molar-refractivity contribution < 1.29 is 14.3 Å². The van der Waals surface area contributed by atoms with Crippen LogP contribution in [0.2, 0.25) is 5.02 Å². The lowest BCUT2D eigenvalue weighted by Crippen LogP contribution is -2.52. The first-order valence-corrected chi connectivity index (χ1v) is 10.4. The quantitative estimate of drug-likeness (QED) is 0.502. The van der Waals surface area contributed by atoms with Crippen LogP contribution < -0.4 is 4.90 Å². The number of urea groups is 1. The molecule has 29 heavy (non-hydrogen) atoms. The van der Waals surface area contributed by atoms with Crippen LogP contribution in [-0.4, -0.2) is 67.7 Å². The molecule has 0 bridgehead atoms.